The molecule has 0 unspecified atom stereocenters. The first kappa shape index (κ1) is 8.56. The Morgan fingerprint density at radius 1 is 1.62 bits per heavy atom. The number of nitrogens with zero attached hydrogens (tertiary/aromatic N) is 1. The number of thiophene rings is 1. The Balaban J connectivity index is 1.85. The predicted octanol–water partition coefficient (Wildman–Crippen LogP) is 1.11. The molecular weight excluding hydrogens is 182 g/mol. The van der Waals surface area contributed by atoms with Gasteiger partial charge in [-0.15, -0.1) is 11.3 Å². The Labute approximate surface area is 81.9 Å². The lowest BCUT2D eigenvalue weighted by Gasteiger charge is -2.03. The summed E-state index contributed by atoms with van der Waals surface area (Å²) in [6.45, 7) is 4.86. The molecule has 0 fully saturated rings. The van der Waals surface area contributed by atoms with Gasteiger partial charge >= 0.3 is 0 Å². The van der Waals surface area contributed by atoms with E-state index in [9.17, 15) is 0 Å². The zero-order chi connectivity index (χ0) is 9.10. The fourth-order valence-electron chi connectivity index (χ4n) is 1.27. The monoisotopic (exact) mass is 195 g/mol. The van der Waals surface area contributed by atoms with Gasteiger partial charge in [0.15, 0.2) is 5.96 Å². The molecule has 13 heavy (non-hydrogen) atoms. The highest BCUT2D eigenvalue weighted by atomic mass is 32.1. The molecule has 2 rings (SSSR count). The second-order valence-corrected chi connectivity index (χ2v) is 4.40. The van der Waals surface area contributed by atoms with E-state index in [-0.39, 0.29) is 0 Å². The summed E-state index contributed by atoms with van der Waals surface area (Å²) in [5.74, 6) is 0.936. The van der Waals surface area contributed by atoms with Crippen molar-refractivity contribution in [3.8, 4) is 0 Å². The number of hydrogen-bond acceptors (Lipinski definition) is 4. The van der Waals surface area contributed by atoms with Crippen LogP contribution in [0.5, 0.6) is 0 Å². The lowest BCUT2D eigenvalue weighted by atomic mass is 10.4. The first-order valence-electron chi connectivity index (χ1n) is 4.42. The van der Waals surface area contributed by atoms with Crippen molar-refractivity contribution in [2.75, 3.05) is 13.1 Å². The quantitative estimate of drug-likeness (QED) is 0.741. The van der Waals surface area contributed by atoms with E-state index in [1.165, 1.54) is 9.75 Å². The van der Waals surface area contributed by atoms with Gasteiger partial charge in [0.1, 0.15) is 0 Å². The molecule has 0 radical (unpaired) electrons. The molecule has 0 aromatic carbocycles. The van der Waals surface area contributed by atoms with Crippen molar-refractivity contribution in [1.29, 1.82) is 0 Å². The molecule has 1 aliphatic heterocycles. The molecule has 1 aromatic rings. The first-order valence-corrected chi connectivity index (χ1v) is 5.24. The van der Waals surface area contributed by atoms with E-state index in [0.717, 1.165) is 25.6 Å². The third-order valence-corrected chi connectivity index (χ3v) is 2.90. The van der Waals surface area contributed by atoms with Gasteiger partial charge in [-0.05, 0) is 19.1 Å². The van der Waals surface area contributed by atoms with Crippen LogP contribution in [0.3, 0.4) is 0 Å². The Hall–Kier alpha value is -1.03. The average Bonchev–Trinajstić information content (AvgIpc) is 2.71. The summed E-state index contributed by atoms with van der Waals surface area (Å²) in [7, 11) is 0. The smallest absolute Gasteiger partial charge is 0.191 e. The summed E-state index contributed by atoms with van der Waals surface area (Å²) in [6, 6.07) is 4.30. The number of hydrogen-bond donors (Lipinski definition) is 2. The van der Waals surface area contributed by atoms with Crippen LogP contribution in [0.1, 0.15) is 9.75 Å². The summed E-state index contributed by atoms with van der Waals surface area (Å²) >= 11 is 1.83. The lowest BCUT2D eigenvalue weighted by molar-refractivity contribution is 0.878. The normalized spacial score (nSPS) is 15.3. The molecular formula is C9H13N3S. The van der Waals surface area contributed by atoms with Gasteiger partial charge in [0.2, 0.25) is 0 Å². The highest BCUT2D eigenvalue weighted by Gasteiger charge is 2.03. The summed E-state index contributed by atoms with van der Waals surface area (Å²) < 4.78 is 0. The molecule has 0 spiro atoms. The number of rotatable bonds is 2. The van der Waals surface area contributed by atoms with E-state index in [4.69, 9.17) is 0 Å². The van der Waals surface area contributed by atoms with Crippen molar-refractivity contribution in [3.63, 3.8) is 0 Å². The third-order valence-electron chi connectivity index (χ3n) is 1.90. The second-order valence-electron chi connectivity index (χ2n) is 3.02. The van der Waals surface area contributed by atoms with Gasteiger partial charge in [-0.2, -0.15) is 0 Å². The number of nitrogens with one attached hydrogen (secondary N) is 2. The van der Waals surface area contributed by atoms with Gasteiger partial charge in [0, 0.05) is 16.3 Å². The van der Waals surface area contributed by atoms with E-state index >= 15 is 0 Å². The van der Waals surface area contributed by atoms with E-state index in [2.05, 4.69) is 34.7 Å². The Bertz CT molecular complexity index is 316. The SMILES string of the molecule is Cc1ccc(CNC2=NCCN2)s1. The third kappa shape index (κ3) is 2.21. The maximum atomic E-state index is 4.26. The largest absolute Gasteiger partial charge is 0.355 e. The van der Waals surface area contributed by atoms with Gasteiger partial charge in [0.05, 0.1) is 13.1 Å². The molecule has 2 N–H and O–H groups in total. The van der Waals surface area contributed by atoms with E-state index in [1.807, 2.05) is 11.3 Å². The summed E-state index contributed by atoms with van der Waals surface area (Å²) in [5, 5.41) is 6.44. The van der Waals surface area contributed by atoms with E-state index in [1.54, 1.807) is 0 Å². The van der Waals surface area contributed by atoms with Gasteiger partial charge in [-0.3, -0.25) is 4.99 Å². The summed E-state index contributed by atoms with van der Waals surface area (Å²) in [4.78, 5) is 6.97. The molecule has 1 aromatic heterocycles. The average molecular weight is 195 g/mol. The van der Waals surface area contributed by atoms with Crippen LogP contribution in [-0.4, -0.2) is 19.0 Å². The maximum Gasteiger partial charge on any atom is 0.191 e. The van der Waals surface area contributed by atoms with Crippen LogP contribution in [0.25, 0.3) is 0 Å². The highest BCUT2D eigenvalue weighted by molar-refractivity contribution is 7.11. The number of aliphatic imine (C=N–C) groups is 1. The predicted molar refractivity (Wildman–Crippen MR) is 56.2 cm³/mol. The van der Waals surface area contributed by atoms with Crippen molar-refractivity contribution in [2.24, 2.45) is 4.99 Å². The Morgan fingerprint density at radius 3 is 3.15 bits per heavy atom. The molecule has 70 valence electrons. The van der Waals surface area contributed by atoms with Crippen LogP contribution in [0, 0.1) is 6.92 Å². The van der Waals surface area contributed by atoms with E-state index in [0.29, 0.717) is 0 Å². The minimum atomic E-state index is 0.879. The molecule has 0 amide bonds. The zero-order valence-corrected chi connectivity index (χ0v) is 8.45. The van der Waals surface area contributed by atoms with Crippen LogP contribution < -0.4 is 10.6 Å². The summed E-state index contributed by atoms with van der Waals surface area (Å²) in [6.07, 6.45) is 0. The fraction of sp³-hybridized carbons (Fsp3) is 0.444. The van der Waals surface area contributed by atoms with Gasteiger partial charge in [-0.25, -0.2) is 0 Å². The van der Waals surface area contributed by atoms with Gasteiger partial charge in [-0.1, -0.05) is 0 Å². The molecule has 1 aliphatic rings. The van der Waals surface area contributed by atoms with Crippen LogP contribution in [0.2, 0.25) is 0 Å². The van der Waals surface area contributed by atoms with Crippen LogP contribution in [-0.2, 0) is 6.54 Å². The molecule has 2 heterocycles. The maximum absolute atomic E-state index is 4.26. The Morgan fingerprint density at radius 2 is 2.54 bits per heavy atom. The molecule has 0 atom stereocenters. The number of aryl methyl sites for hydroxylation is 1. The second kappa shape index (κ2) is 3.79. The first-order chi connectivity index (χ1) is 6.34. The molecule has 0 bridgehead atoms. The topological polar surface area (TPSA) is 36.4 Å². The minimum Gasteiger partial charge on any atom is -0.355 e. The number of guanidine groups is 1. The molecule has 0 aliphatic carbocycles. The van der Waals surface area contributed by atoms with Gasteiger partial charge < -0.3 is 10.6 Å². The van der Waals surface area contributed by atoms with E-state index < -0.39 is 0 Å². The van der Waals surface area contributed by atoms with Crippen molar-refractivity contribution in [1.82, 2.24) is 10.6 Å². The molecule has 3 nitrogen and oxygen atoms in total. The molecule has 4 heteroatoms. The van der Waals surface area contributed by atoms with Crippen molar-refractivity contribution < 1.29 is 0 Å². The summed E-state index contributed by atoms with van der Waals surface area (Å²) in [5.41, 5.74) is 0. The molecule has 0 saturated heterocycles. The standard InChI is InChI=1S/C9H13N3S/c1-7-2-3-8(13-7)6-12-9-10-4-5-11-9/h2-3H,4-6H2,1H3,(H2,10,11,12). The Kier molecular flexibility index (Phi) is 2.49. The highest BCUT2D eigenvalue weighted by Crippen LogP contribution is 2.14. The fourth-order valence-corrected chi connectivity index (χ4v) is 2.10. The van der Waals surface area contributed by atoms with Crippen molar-refractivity contribution >= 4 is 17.3 Å². The van der Waals surface area contributed by atoms with Crippen molar-refractivity contribution in [2.45, 2.75) is 13.5 Å². The van der Waals surface area contributed by atoms with Crippen molar-refractivity contribution in [3.05, 3.63) is 21.9 Å². The minimum absolute atomic E-state index is 0.879. The lowest BCUT2D eigenvalue weighted by Crippen LogP contribution is -2.32. The molecule has 0 saturated carbocycles. The van der Waals surface area contributed by atoms with Crippen LogP contribution in [0.15, 0.2) is 17.1 Å². The van der Waals surface area contributed by atoms with Crippen LogP contribution >= 0.6 is 11.3 Å². The van der Waals surface area contributed by atoms with Crippen LogP contribution in [0.4, 0.5) is 0 Å². The van der Waals surface area contributed by atoms with Gasteiger partial charge in [0.25, 0.3) is 0 Å². The zero-order valence-electron chi connectivity index (χ0n) is 7.63.